The van der Waals surface area contributed by atoms with E-state index in [2.05, 4.69) is 19.6 Å². The molecule has 3 rings (SSSR count). The lowest BCUT2D eigenvalue weighted by molar-refractivity contribution is 0.380. The Hall–Kier alpha value is -1.44. The lowest BCUT2D eigenvalue weighted by Crippen LogP contribution is -2.51. The quantitative estimate of drug-likeness (QED) is 0.329. The zero-order chi connectivity index (χ0) is 21.1. The van der Waals surface area contributed by atoms with Crippen molar-refractivity contribution in [2.45, 2.75) is 37.8 Å². The third-order valence-electron chi connectivity index (χ3n) is 4.41. The van der Waals surface area contributed by atoms with Crippen LogP contribution in [-0.4, -0.2) is 56.0 Å². The summed E-state index contributed by atoms with van der Waals surface area (Å²) in [5.41, 5.74) is 6.26. The molecule has 1 aromatic carbocycles. The minimum atomic E-state index is -3.64. The molecule has 0 amide bonds. The van der Waals surface area contributed by atoms with Crippen molar-refractivity contribution < 1.29 is 8.42 Å². The van der Waals surface area contributed by atoms with Gasteiger partial charge >= 0.3 is 0 Å². The molecule has 3 N–H and O–H groups in total. The van der Waals surface area contributed by atoms with Crippen molar-refractivity contribution in [2.24, 2.45) is 10.7 Å². The van der Waals surface area contributed by atoms with Gasteiger partial charge in [0.25, 0.3) is 0 Å². The summed E-state index contributed by atoms with van der Waals surface area (Å²) < 4.78 is 28.2. The topological polar surface area (TPSA) is 104 Å². The molecular weight excluding hydrogens is 535 g/mol. The normalized spacial score (nSPS) is 15.8. The first-order chi connectivity index (χ1) is 13.7. The molecule has 1 aliphatic rings. The number of halogens is 1. The Kier molecular flexibility index (Phi) is 8.48. The number of nitrogens with zero attached hydrogens (tertiary/aromatic N) is 4. The molecule has 11 heteroatoms. The first-order valence-corrected chi connectivity index (χ1v) is 11.8. The fourth-order valence-corrected chi connectivity index (χ4v) is 5.47. The second kappa shape index (κ2) is 10.2. The first-order valence-electron chi connectivity index (χ1n) is 9.47. The Morgan fingerprint density at radius 2 is 1.90 bits per heavy atom. The summed E-state index contributed by atoms with van der Waals surface area (Å²) in [5, 5.41) is 2.99. The van der Waals surface area contributed by atoms with Crippen LogP contribution in [0.4, 0.5) is 5.13 Å². The van der Waals surface area contributed by atoms with Crippen molar-refractivity contribution in [3.63, 3.8) is 0 Å². The van der Waals surface area contributed by atoms with Crippen LogP contribution in [0.25, 0.3) is 0 Å². The van der Waals surface area contributed by atoms with Crippen LogP contribution in [0.1, 0.15) is 26.3 Å². The second-order valence-corrected chi connectivity index (χ2v) is 10.5. The standard InChI is InChI=1S/C19H28N6O2S2.HI/c1-19(2,3)23-29(26,27)16-7-5-4-6-15(16)14-22-17(20)24-9-11-25(12-10-24)18-21-8-13-28-18;/h4-8,13,23H,9-12,14H2,1-3H3,(H2,20,22);1H. The van der Waals surface area contributed by atoms with Crippen LogP contribution in [0.5, 0.6) is 0 Å². The van der Waals surface area contributed by atoms with Crippen molar-refractivity contribution in [3.05, 3.63) is 41.4 Å². The number of guanidine groups is 1. The number of anilines is 1. The lowest BCUT2D eigenvalue weighted by Gasteiger charge is -2.35. The van der Waals surface area contributed by atoms with E-state index in [0.717, 1.165) is 31.3 Å². The molecule has 166 valence electrons. The average Bonchev–Trinajstić information content (AvgIpc) is 3.19. The summed E-state index contributed by atoms with van der Waals surface area (Å²) in [6.07, 6.45) is 1.81. The van der Waals surface area contributed by atoms with E-state index in [1.807, 2.05) is 43.3 Å². The summed E-state index contributed by atoms with van der Waals surface area (Å²) in [6, 6.07) is 6.89. The predicted octanol–water partition coefficient (Wildman–Crippen LogP) is 2.47. The smallest absolute Gasteiger partial charge is 0.241 e. The summed E-state index contributed by atoms with van der Waals surface area (Å²) in [4.78, 5) is 13.3. The zero-order valence-electron chi connectivity index (χ0n) is 17.4. The molecule has 1 fully saturated rings. The summed E-state index contributed by atoms with van der Waals surface area (Å²) in [7, 11) is -3.64. The third kappa shape index (κ3) is 6.53. The van der Waals surface area contributed by atoms with Crippen molar-refractivity contribution in [3.8, 4) is 0 Å². The molecule has 1 aromatic heterocycles. The number of aliphatic imine (C=N–C) groups is 1. The number of thiazole rings is 1. The number of nitrogens with two attached hydrogens (primary N) is 1. The highest BCUT2D eigenvalue weighted by molar-refractivity contribution is 14.0. The summed E-state index contributed by atoms with van der Waals surface area (Å²) in [6.45, 7) is 8.80. The highest BCUT2D eigenvalue weighted by atomic mass is 127. The molecule has 1 aliphatic heterocycles. The van der Waals surface area contributed by atoms with Gasteiger partial charge in [-0.25, -0.2) is 23.1 Å². The second-order valence-electron chi connectivity index (χ2n) is 7.93. The number of nitrogens with one attached hydrogen (secondary N) is 1. The lowest BCUT2D eigenvalue weighted by atomic mass is 10.1. The maximum absolute atomic E-state index is 12.8. The van der Waals surface area contributed by atoms with Crippen LogP contribution in [-0.2, 0) is 16.6 Å². The van der Waals surface area contributed by atoms with Crippen LogP contribution < -0.4 is 15.4 Å². The van der Waals surface area contributed by atoms with E-state index >= 15 is 0 Å². The van der Waals surface area contributed by atoms with E-state index in [0.29, 0.717) is 11.5 Å². The zero-order valence-corrected chi connectivity index (χ0v) is 21.4. The van der Waals surface area contributed by atoms with Crippen LogP contribution >= 0.6 is 35.3 Å². The highest BCUT2D eigenvalue weighted by Gasteiger charge is 2.24. The van der Waals surface area contributed by atoms with Gasteiger partial charge < -0.3 is 15.5 Å². The maximum Gasteiger partial charge on any atom is 0.241 e. The van der Waals surface area contributed by atoms with Crippen LogP contribution in [0.2, 0.25) is 0 Å². The molecular formula is C19H29IN6O2S2. The van der Waals surface area contributed by atoms with Crippen molar-refractivity contribution in [1.82, 2.24) is 14.6 Å². The van der Waals surface area contributed by atoms with Gasteiger partial charge in [-0.05, 0) is 32.4 Å². The van der Waals surface area contributed by atoms with Gasteiger partial charge in [-0.3, -0.25) is 0 Å². The van der Waals surface area contributed by atoms with Crippen molar-refractivity contribution in [2.75, 3.05) is 31.1 Å². The molecule has 30 heavy (non-hydrogen) atoms. The van der Waals surface area contributed by atoms with Crippen LogP contribution in [0.3, 0.4) is 0 Å². The summed E-state index contributed by atoms with van der Waals surface area (Å²) in [5.74, 6) is 0.430. The Morgan fingerprint density at radius 3 is 2.50 bits per heavy atom. The van der Waals surface area contributed by atoms with E-state index in [4.69, 9.17) is 5.73 Å². The number of benzene rings is 1. The van der Waals surface area contributed by atoms with E-state index in [1.165, 1.54) is 0 Å². The molecule has 0 atom stereocenters. The van der Waals surface area contributed by atoms with E-state index in [1.54, 1.807) is 29.5 Å². The Labute approximate surface area is 199 Å². The Bertz CT molecular complexity index is 950. The van der Waals surface area contributed by atoms with Gasteiger partial charge in [0, 0.05) is 43.3 Å². The van der Waals surface area contributed by atoms with Crippen LogP contribution in [0.15, 0.2) is 45.7 Å². The van der Waals surface area contributed by atoms with E-state index < -0.39 is 15.6 Å². The molecule has 0 bridgehead atoms. The molecule has 8 nitrogen and oxygen atoms in total. The third-order valence-corrected chi connectivity index (χ3v) is 7.10. The van der Waals surface area contributed by atoms with Gasteiger partial charge in [-0.1, -0.05) is 18.2 Å². The van der Waals surface area contributed by atoms with Gasteiger partial charge in [-0.2, -0.15) is 0 Å². The van der Waals surface area contributed by atoms with Gasteiger partial charge in [0.15, 0.2) is 11.1 Å². The SMILES string of the molecule is CC(C)(C)NS(=O)(=O)c1ccccc1CN=C(N)N1CCN(c2nccs2)CC1.I. The van der Waals surface area contributed by atoms with Crippen molar-refractivity contribution >= 4 is 56.4 Å². The van der Waals surface area contributed by atoms with Crippen molar-refractivity contribution in [1.29, 1.82) is 0 Å². The minimum Gasteiger partial charge on any atom is -0.370 e. The average molecular weight is 565 g/mol. The minimum absolute atomic E-state index is 0. The Morgan fingerprint density at radius 1 is 1.23 bits per heavy atom. The largest absolute Gasteiger partial charge is 0.370 e. The van der Waals surface area contributed by atoms with E-state index in [9.17, 15) is 8.42 Å². The number of aromatic nitrogens is 1. The van der Waals surface area contributed by atoms with Gasteiger partial charge in [0.05, 0.1) is 11.4 Å². The molecule has 0 aliphatic carbocycles. The van der Waals surface area contributed by atoms with Gasteiger partial charge in [0.1, 0.15) is 0 Å². The predicted molar refractivity (Wildman–Crippen MR) is 133 cm³/mol. The molecule has 2 heterocycles. The van der Waals surface area contributed by atoms with Crippen LogP contribution in [0, 0.1) is 0 Å². The molecule has 2 aromatic rings. The monoisotopic (exact) mass is 564 g/mol. The highest BCUT2D eigenvalue weighted by Crippen LogP contribution is 2.20. The van der Waals surface area contributed by atoms with Gasteiger partial charge in [-0.15, -0.1) is 35.3 Å². The number of hydrogen-bond donors (Lipinski definition) is 2. The number of piperazine rings is 1. The molecule has 0 saturated carbocycles. The fourth-order valence-electron chi connectivity index (χ4n) is 3.12. The molecule has 0 radical (unpaired) electrons. The Balaban J connectivity index is 0.00000320. The number of rotatable bonds is 5. The van der Waals surface area contributed by atoms with E-state index in [-0.39, 0.29) is 35.4 Å². The number of hydrogen-bond acceptors (Lipinski definition) is 6. The fraction of sp³-hybridized carbons (Fsp3) is 0.474. The molecule has 0 unspecified atom stereocenters. The maximum atomic E-state index is 12.8. The molecule has 0 spiro atoms. The number of sulfonamides is 1. The van der Waals surface area contributed by atoms with Gasteiger partial charge in [0.2, 0.25) is 10.0 Å². The first kappa shape index (κ1) is 24.8. The molecule has 1 saturated heterocycles. The summed E-state index contributed by atoms with van der Waals surface area (Å²) >= 11 is 1.63.